The molecule has 0 atom stereocenters. The number of nitrogens with zero attached hydrogens (tertiary/aromatic N) is 4. The van der Waals surface area contributed by atoms with Gasteiger partial charge in [-0.15, -0.1) is 11.3 Å². The van der Waals surface area contributed by atoms with Gasteiger partial charge in [0.2, 0.25) is 0 Å². The van der Waals surface area contributed by atoms with E-state index in [0.29, 0.717) is 17.5 Å². The lowest BCUT2D eigenvalue weighted by Crippen LogP contribution is -2.01. The van der Waals surface area contributed by atoms with E-state index in [2.05, 4.69) is 121 Å². The summed E-state index contributed by atoms with van der Waals surface area (Å²) in [5.74, 6) is 1.90. The van der Waals surface area contributed by atoms with Crippen molar-refractivity contribution >= 4 is 53.2 Å². The second-order valence-electron chi connectivity index (χ2n) is 12.7. The molecule has 0 aliphatic rings. The Balaban J connectivity index is 1.26. The van der Waals surface area contributed by atoms with Crippen molar-refractivity contribution in [2.24, 2.45) is 0 Å². The van der Waals surface area contributed by atoms with Gasteiger partial charge in [0.25, 0.3) is 0 Å². The van der Waals surface area contributed by atoms with Crippen molar-refractivity contribution in [2.75, 3.05) is 0 Å². The fourth-order valence-electron chi connectivity index (χ4n) is 7.13. The number of thiophene rings is 1. The summed E-state index contributed by atoms with van der Waals surface area (Å²) in [6.45, 7) is 0. The maximum Gasteiger partial charge on any atom is 0.164 e. The molecule has 5 heteroatoms. The van der Waals surface area contributed by atoms with Gasteiger partial charge in [-0.2, -0.15) is 0 Å². The molecule has 10 aromatic rings. The van der Waals surface area contributed by atoms with Crippen LogP contribution in [0.1, 0.15) is 0 Å². The van der Waals surface area contributed by atoms with Gasteiger partial charge in [0.1, 0.15) is 0 Å². The standard InChI is InChI=1S/C46H28N4S/c1-3-12-29(13-4-1)44-48-45(30-14-5-2-6-15-30)50-46(49-44)39-26-31(32-22-24-41-40(27-32)43-42(51-41)20-11-25-47-43)21-23-37(39)38-28-33-16-7-8-17-34(33)35-18-9-10-19-36(35)38/h1-28H. The minimum absolute atomic E-state index is 0.625. The molecule has 7 aromatic carbocycles. The monoisotopic (exact) mass is 668 g/mol. The fourth-order valence-corrected chi connectivity index (χ4v) is 8.17. The molecule has 0 aliphatic heterocycles. The molecule has 238 valence electrons. The molecule has 0 saturated heterocycles. The molecule has 0 bridgehead atoms. The molecule has 0 spiro atoms. The smallest absolute Gasteiger partial charge is 0.164 e. The molecular weight excluding hydrogens is 641 g/mol. The Hall–Kier alpha value is -6.56. The van der Waals surface area contributed by atoms with E-state index < -0.39 is 0 Å². The van der Waals surface area contributed by atoms with E-state index in [4.69, 9.17) is 19.9 Å². The summed E-state index contributed by atoms with van der Waals surface area (Å²) < 4.78 is 2.42. The fraction of sp³-hybridized carbons (Fsp3) is 0. The molecule has 4 nitrogen and oxygen atoms in total. The third-order valence-electron chi connectivity index (χ3n) is 9.58. The zero-order valence-corrected chi connectivity index (χ0v) is 28.2. The Morgan fingerprint density at radius 3 is 1.75 bits per heavy atom. The lowest BCUT2D eigenvalue weighted by molar-refractivity contribution is 1.07. The van der Waals surface area contributed by atoms with Crippen molar-refractivity contribution < 1.29 is 0 Å². The molecular formula is C46H28N4S. The quantitative estimate of drug-likeness (QED) is 0.171. The van der Waals surface area contributed by atoms with Crippen molar-refractivity contribution in [3.05, 3.63) is 170 Å². The molecule has 10 rings (SSSR count). The first-order chi connectivity index (χ1) is 25.3. The van der Waals surface area contributed by atoms with Crippen molar-refractivity contribution in [3.63, 3.8) is 0 Å². The summed E-state index contributed by atoms with van der Waals surface area (Å²) in [4.78, 5) is 20.2. The number of benzene rings is 7. The highest BCUT2D eigenvalue weighted by Gasteiger charge is 2.19. The molecule has 0 unspecified atom stereocenters. The summed E-state index contributed by atoms with van der Waals surface area (Å²) in [5, 5.41) is 5.99. The van der Waals surface area contributed by atoms with Crippen LogP contribution in [0.2, 0.25) is 0 Å². The topological polar surface area (TPSA) is 51.6 Å². The molecule has 0 fully saturated rings. The first kappa shape index (κ1) is 29.4. The molecule has 3 aromatic heterocycles. The number of fused-ring (bicyclic) bond motifs is 6. The number of hydrogen-bond acceptors (Lipinski definition) is 5. The Kier molecular flexibility index (Phi) is 6.96. The van der Waals surface area contributed by atoms with Crippen LogP contribution in [0.25, 0.3) is 98.3 Å². The minimum Gasteiger partial charge on any atom is -0.255 e. The van der Waals surface area contributed by atoms with Gasteiger partial charge < -0.3 is 0 Å². The maximum absolute atomic E-state index is 5.21. The summed E-state index contributed by atoms with van der Waals surface area (Å²) in [7, 11) is 0. The summed E-state index contributed by atoms with van der Waals surface area (Å²) in [5.41, 5.74) is 8.26. The number of aromatic nitrogens is 4. The van der Waals surface area contributed by atoms with Crippen LogP contribution in [-0.2, 0) is 0 Å². The molecule has 0 saturated carbocycles. The maximum atomic E-state index is 5.21. The lowest BCUT2D eigenvalue weighted by atomic mass is 9.89. The van der Waals surface area contributed by atoms with E-state index in [1.165, 1.54) is 30.9 Å². The Labute approximate surface area is 298 Å². The third-order valence-corrected chi connectivity index (χ3v) is 10.7. The van der Waals surface area contributed by atoms with Crippen LogP contribution in [-0.4, -0.2) is 19.9 Å². The SMILES string of the molecule is c1ccc(-c2nc(-c3ccccc3)nc(-c3cc(-c4ccc5sc6cccnc6c5c4)ccc3-c3cc4ccccc4c4ccccc34)n2)cc1. The van der Waals surface area contributed by atoms with E-state index in [1.807, 2.05) is 48.7 Å². The van der Waals surface area contributed by atoms with Gasteiger partial charge in [-0.1, -0.05) is 127 Å². The van der Waals surface area contributed by atoms with Gasteiger partial charge in [0, 0.05) is 33.0 Å². The van der Waals surface area contributed by atoms with Crippen LogP contribution >= 0.6 is 11.3 Å². The normalized spacial score (nSPS) is 11.5. The molecule has 0 aliphatic carbocycles. The summed E-state index contributed by atoms with van der Waals surface area (Å²) >= 11 is 1.78. The van der Waals surface area contributed by atoms with Crippen LogP contribution in [0.15, 0.2) is 170 Å². The highest BCUT2D eigenvalue weighted by atomic mass is 32.1. The van der Waals surface area contributed by atoms with Gasteiger partial charge in [0.05, 0.1) is 10.2 Å². The van der Waals surface area contributed by atoms with E-state index in [0.717, 1.165) is 49.8 Å². The molecule has 0 radical (unpaired) electrons. The minimum atomic E-state index is 0.625. The van der Waals surface area contributed by atoms with Crippen molar-refractivity contribution in [3.8, 4) is 56.4 Å². The van der Waals surface area contributed by atoms with E-state index in [9.17, 15) is 0 Å². The van der Waals surface area contributed by atoms with E-state index >= 15 is 0 Å². The Morgan fingerprint density at radius 1 is 0.353 bits per heavy atom. The molecule has 0 amide bonds. The van der Waals surface area contributed by atoms with Gasteiger partial charge in [-0.25, -0.2) is 15.0 Å². The third kappa shape index (κ3) is 5.14. The predicted octanol–water partition coefficient (Wildman–Crippen LogP) is 12.3. The van der Waals surface area contributed by atoms with Gasteiger partial charge in [0.15, 0.2) is 17.5 Å². The highest BCUT2D eigenvalue weighted by Crippen LogP contribution is 2.42. The van der Waals surface area contributed by atoms with Crippen LogP contribution in [0.3, 0.4) is 0 Å². The van der Waals surface area contributed by atoms with E-state index in [-0.39, 0.29) is 0 Å². The van der Waals surface area contributed by atoms with Gasteiger partial charge in [-0.05, 0) is 80.2 Å². The van der Waals surface area contributed by atoms with Crippen LogP contribution in [0.4, 0.5) is 0 Å². The largest absolute Gasteiger partial charge is 0.255 e. The number of pyridine rings is 1. The van der Waals surface area contributed by atoms with Crippen molar-refractivity contribution in [1.29, 1.82) is 0 Å². The molecule has 51 heavy (non-hydrogen) atoms. The average Bonchev–Trinajstić information content (AvgIpc) is 3.59. The number of rotatable bonds is 5. The van der Waals surface area contributed by atoms with Gasteiger partial charge >= 0.3 is 0 Å². The first-order valence-corrected chi connectivity index (χ1v) is 17.8. The Morgan fingerprint density at radius 2 is 0.980 bits per heavy atom. The second kappa shape index (κ2) is 12.1. The highest BCUT2D eigenvalue weighted by molar-refractivity contribution is 7.25. The Bertz CT molecular complexity index is 2860. The average molecular weight is 669 g/mol. The van der Waals surface area contributed by atoms with E-state index in [1.54, 1.807) is 11.3 Å². The lowest BCUT2D eigenvalue weighted by Gasteiger charge is -2.17. The first-order valence-electron chi connectivity index (χ1n) is 17.0. The van der Waals surface area contributed by atoms with Crippen molar-refractivity contribution in [2.45, 2.75) is 0 Å². The molecule has 0 N–H and O–H groups in total. The van der Waals surface area contributed by atoms with Crippen molar-refractivity contribution in [1.82, 2.24) is 19.9 Å². The zero-order valence-electron chi connectivity index (χ0n) is 27.4. The van der Waals surface area contributed by atoms with Crippen LogP contribution in [0.5, 0.6) is 0 Å². The zero-order chi connectivity index (χ0) is 33.7. The molecule has 3 heterocycles. The predicted molar refractivity (Wildman–Crippen MR) is 213 cm³/mol. The summed E-state index contributed by atoms with van der Waals surface area (Å²) in [6, 6.07) is 57.5. The summed E-state index contributed by atoms with van der Waals surface area (Å²) in [6.07, 6.45) is 1.87. The number of hydrogen-bond donors (Lipinski definition) is 0. The van der Waals surface area contributed by atoms with Gasteiger partial charge in [-0.3, -0.25) is 4.98 Å². The second-order valence-corrected chi connectivity index (χ2v) is 13.7. The van der Waals surface area contributed by atoms with Crippen LogP contribution < -0.4 is 0 Å². The van der Waals surface area contributed by atoms with Crippen LogP contribution in [0, 0.1) is 0 Å².